The van der Waals surface area contributed by atoms with E-state index >= 15 is 0 Å². The van der Waals surface area contributed by atoms with Crippen molar-refractivity contribution in [2.24, 2.45) is 29.4 Å². The van der Waals surface area contributed by atoms with Crippen molar-refractivity contribution < 1.29 is 4.74 Å². The number of hydrogen-bond donors (Lipinski definition) is 1. The molecule has 0 aromatic carbocycles. The second kappa shape index (κ2) is 6.17. The molecule has 4 rings (SSSR count). The van der Waals surface area contributed by atoms with Gasteiger partial charge in [0.15, 0.2) is 0 Å². The van der Waals surface area contributed by atoms with Gasteiger partial charge in [-0.2, -0.15) is 0 Å². The van der Waals surface area contributed by atoms with E-state index in [4.69, 9.17) is 10.5 Å². The molecule has 122 valence electrons. The van der Waals surface area contributed by atoms with Gasteiger partial charge in [-0.1, -0.05) is 6.92 Å². The van der Waals surface area contributed by atoms with Gasteiger partial charge >= 0.3 is 0 Å². The number of nitrogens with two attached hydrogens (primary N) is 1. The maximum absolute atomic E-state index is 6.47. The molecule has 1 unspecified atom stereocenters. The van der Waals surface area contributed by atoms with E-state index in [9.17, 15) is 0 Å². The first-order valence-corrected chi connectivity index (χ1v) is 9.11. The van der Waals surface area contributed by atoms with Crippen molar-refractivity contribution in [1.82, 2.24) is 4.90 Å². The lowest BCUT2D eigenvalue weighted by molar-refractivity contribution is -0.146. The van der Waals surface area contributed by atoms with Crippen LogP contribution in [-0.2, 0) is 4.74 Å². The van der Waals surface area contributed by atoms with Crippen LogP contribution in [0, 0.1) is 23.7 Å². The molecular formula is C18H34N2O. The van der Waals surface area contributed by atoms with Crippen molar-refractivity contribution >= 4 is 0 Å². The standard InChI is InChI=1S/C18H34N2O/c1-4-13(2)20(5-6-21-3)18(12-19)16-8-14-7-15(10-16)11-17(18)9-14/h13-17H,4-12,19H2,1-3H3. The van der Waals surface area contributed by atoms with Gasteiger partial charge in [-0.3, -0.25) is 4.90 Å². The van der Waals surface area contributed by atoms with Gasteiger partial charge in [0.05, 0.1) is 6.61 Å². The normalized spacial score (nSPS) is 42.7. The van der Waals surface area contributed by atoms with E-state index in [-0.39, 0.29) is 5.54 Å². The Morgan fingerprint density at radius 1 is 1.14 bits per heavy atom. The smallest absolute Gasteiger partial charge is 0.0590 e. The van der Waals surface area contributed by atoms with Crippen molar-refractivity contribution in [1.29, 1.82) is 0 Å². The summed E-state index contributed by atoms with van der Waals surface area (Å²) in [6.07, 6.45) is 8.45. The Morgan fingerprint density at radius 3 is 2.14 bits per heavy atom. The second-order valence-electron chi connectivity index (χ2n) is 7.94. The molecule has 0 heterocycles. The number of methoxy groups -OCH3 is 1. The first-order chi connectivity index (χ1) is 10.2. The Morgan fingerprint density at radius 2 is 1.71 bits per heavy atom. The lowest BCUT2D eigenvalue weighted by Crippen LogP contribution is -2.71. The van der Waals surface area contributed by atoms with E-state index < -0.39 is 0 Å². The van der Waals surface area contributed by atoms with Gasteiger partial charge in [0.25, 0.3) is 0 Å². The van der Waals surface area contributed by atoms with Crippen LogP contribution in [0.25, 0.3) is 0 Å². The van der Waals surface area contributed by atoms with E-state index in [1.54, 1.807) is 0 Å². The third-order valence-corrected chi connectivity index (χ3v) is 7.07. The van der Waals surface area contributed by atoms with Crippen LogP contribution in [0.4, 0.5) is 0 Å². The zero-order chi connectivity index (χ0) is 15.0. The highest BCUT2D eigenvalue weighted by atomic mass is 16.5. The summed E-state index contributed by atoms with van der Waals surface area (Å²) in [5.41, 5.74) is 6.74. The fourth-order valence-corrected chi connectivity index (χ4v) is 6.17. The molecule has 0 saturated heterocycles. The van der Waals surface area contributed by atoms with E-state index in [2.05, 4.69) is 18.7 Å². The van der Waals surface area contributed by atoms with Crippen LogP contribution in [0.1, 0.15) is 52.4 Å². The predicted octanol–water partition coefficient (Wildman–Crippen LogP) is 2.89. The van der Waals surface area contributed by atoms with Gasteiger partial charge in [-0.05, 0) is 69.1 Å². The molecule has 0 spiro atoms. The fourth-order valence-electron chi connectivity index (χ4n) is 6.17. The minimum atomic E-state index is 0.265. The third-order valence-electron chi connectivity index (χ3n) is 7.07. The summed E-state index contributed by atoms with van der Waals surface area (Å²) < 4.78 is 5.42. The first kappa shape index (κ1) is 15.8. The third kappa shape index (κ3) is 2.46. The van der Waals surface area contributed by atoms with Gasteiger partial charge in [0.1, 0.15) is 0 Å². The zero-order valence-corrected chi connectivity index (χ0v) is 14.2. The van der Waals surface area contributed by atoms with Crippen molar-refractivity contribution in [3.63, 3.8) is 0 Å². The summed E-state index contributed by atoms with van der Waals surface area (Å²) in [6.45, 7) is 7.42. The van der Waals surface area contributed by atoms with Crippen LogP contribution in [0.15, 0.2) is 0 Å². The van der Waals surface area contributed by atoms with Crippen LogP contribution >= 0.6 is 0 Å². The highest BCUT2D eigenvalue weighted by molar-refractivity contribution is 5.13. The Bertz CT molecular complexity index is 329. The SMILES string of the molecule is CCC(C)N(CCOC)C1(CN)C2CC3CC(C2)CC1C3. The van der Waals surface area contributed by atoms with Gasteiger partial charge < -0.3 is 10.5 Å². The minimum Gasteiger partial charge on any atom is -0.383 e. The molecule has 0 aromatic heterocycles. The fraction of sp³-hybridized carbons (Fsp3) is 1.00. The van der Waals surface area contributed by atoms with E-state index in [1.807, 2.05) is 7.11 Å². The second-order valence-corrected chi connectivity index (χ2v) is 7.94. The van der Waals surface area contributed by atoms with Crippen LogP contribution in [-0.4, -0.2) is 43.3 Å². The predicted molar refractivity (Wildman–Crippen MR) is 87.2 cm³/mol. The monoisotopic (exact) mass is 294 g/mol. The van der Waals surface area contributed by atoms with Gasteiger partial charge in [-0.25, -0.2) is 0 Å². The van der Waals surface area contributed by atoms with Crippen molar-refractivity contribution in [2.75, 3.05) is 26.8 Å². The number of rotatable bonds is 7. The largest absolute Gasteiger partial charge is 0.383 e. The molecule has 4 aliphatic rings. The van der Waals surface area contributed by atoms with Crippen LogP contribution in [0.5, 0.6) is 0 Å². The average molecular weight is 294 g/mol. The molecule has 4 fully saturated rings. The Balaban J connectivity index is 1.89. The van der Waals surface area contributed by atoms with Gasteiger partial charge in [0.2, 0.25) is 0 Å². The summed E-state index contributed by atoms with van der Waals surface area (Å²) in [5, 5.41) is 0. The van der Waals surface area contributed by atoms with Crippen molar-refractivity contribution in [3.05, 3.63) is 0 Å². The summed E-state index contributed by atoms with van der Waals surface area (Å²) in [4.78, 5) is 2.77. The maximum Gasteiger partial charge on any atom is 0.0590 e. The summed E-state index contributed by atoms with van der Waals surface area (Å²) in [7, 11) is 1.82. The van der Waals surface area contributed by atoms with E-state index in [1.165, 1.54) is 38.5 Å². The molecule has 0 aliphatic heterocycles. The number of nitrogens with zero attached hydrogens (tertiary/aromatic N) is 1. The molecule has 0 aromatic rings. The Labute approximate surface area is 130 Å². The van der Waals surface area contributed by atoms with Crippen LogP contribution in [0.3, 0.4) is 0 Å². The Hall–Kier alpha value is -0.120. The minimum absolute atomic E-state index is 0.265. The zero-order valence-electron chi connectivity index (χ0n) is 14.2. The quantitative estimate of drug-likeness (QED) is 0.784. The van der Waals surface area contributed by atoms with Gasteiger partial charge in [-0.15, -0.1) is 0 Å². The molecule has 4 bridgehead atoms. The van der Waals surface area contributed by atoms with Crippen LogP contribution < -0.4 is 5.73 Å². The molecule has 21 heavy (non-hydrogen) atoms. The average Bonchev–Trinajstić information content (AvgIpc) is 2.49. The molecule has 1 atom stereocenters. The highest BCUT2D eigenvalue weighted by Crippen LogP contribution is 2.60. The van der Waals surface area contributed by atoms with Crippen LogP contribution in [0.2, 0.25) is 0 Å². The van der Waals surface area contributed by atoms with Crippen molar-refractivity contribution in [3.8, 4) is 0 Å². The lowest BCUT2D eigenvalue weighted by atomic mass is 9.48. The summed E-state index contributed by atoms with van der Waals surface area (Å²) in [6, 6.07) is 0.612. The molecule has 3 heteroatoms. The molecule has 4 aliphatic carbocycles. The summed E-state index contributed by atoms with van der Waals surface area (Å²) >= 11 is 0. The molecule has 3 nitrogen and oxygen atoms in total. The number of ether oxygens (including phenoxy) is 1. The molecule has 4 saturated carbocycles. The molecule has 0 amide bonds. The van der Waals surface area contributed by atoms with Crippen molar-refractivity contribution in [2.45, 2.75) is 64.0 Å². The van der Waals surface area contributed by atoms with E-state index in [0.717, 1.165) is 43.4 Å². The molecule has 0 radical (unpaired) electrons. The lowest BCUT2D eigenvalue weighted by Gasteiger charge is -2.65. The summed E-state index contributed by atoms with van der Waals surface area (Å²) in [5.74, 6) is 3.69. The highest BCUT2D eigenvalue weighted by Gasteiger charge is 2.59. The molecule has 2 N–H and O–H groups in total. The topological polar surface area (TPSA) is 38.5 Å². The van der Waals surface area contributed by atoms with Gasteiger partial charge in [0, 0.05) is 31.8 Å². The maximum atomic E-state index is 6.47. The van der Waals surface area contributed by atoms with E-state index in [0.29, 0.717) is 6.04 Å². The Kier molecular flexibility index (Phi) is 4.63. The number of hydrogen-bond acceptors (Lipinski definition) is 3. The molecular weight excluding hydrogens is 260 g/mol. The first-order valence-electron chi connectivity index (χ1n) is 9.11.